The Bertz CT molecular complexity index is 1330. The second-order valence-electron chi connectivity index (χ2n) is 6.94. The number of rotatable bonds is 5. The maximum absolute atomic E-state index is 12.4. The van der Waals surface area contributed by atoms with Crippen LogP contribution >= 0.6 is 11.8 Å². The molecule has 2 aromatic heterocycles. The Hall–Kier alpha value is -3.73. The van der Waals surface area contributed by atoms with Crippen LogP contribution in [0, 0.1) is 0 Å². The van der Waals surface area contributed by atoms with Crippen molar-refractivity contribution in [2.75, 3.05) is 17.7 Å². The van der Waals surface area contributed by atoms with Crippen LogP contribution in [0.2, 0.25) is 0 Å². The first-order valence-electron chi connectivity index (χ1n) is 9.49. The topological polar surface area (TPSA) is 127 Å². The van der Waals surface area contributed by atoms with Crippen molar-refractivity contribution in [3.63, 3.8) is 0 Å². The summed E-state index contributed by atoms with van der Waals surface area (Å²) in [5, 5.41) is 11.8. The third kappa shape index (κ3) is 3.87. The normalized spacial score (nSPS) is 15.2. The molecule has 5 rings (SSSR count). The fraction of sp³-hybridized carbons (Fsp3) is 0.200. The molecule has 1 atom stereocenters. The van der Waals surface area contributed by atoms with Crippen molar-refractivity contribution in [1.29, 1.82) is 0 Å². The summed E-state index contributed by atoms with van der Waals surface area (Å²) < 4.78 is 13.5. The van der Waals surface area contributed by atoms with Gasteiger partial charge in [-0.1, -0.05) is 23.9 Å². The number of amides is 1. The van der Waals surface area contributed by atoms with Gasteiger partial charge in [0.25, 0.3) is 0 Å². The summed E-state index contributed by atoms with van der Waals surface area (Å²) in [6, 6.07) is 12.6. The first-order chi connectivity index (χ1) is 15.1. The summed E-state index contributed by atoms with van der Waals surface area (Å²) in [5.41, 5.74) is 1.62. The van der Waals surface area contributed by atoms with Crippen LogP contribution in [0.4, 0.5) is 5.69 Å². The van der Waals surface area contributed by atoms with Crippen LogP contribution in [0.5, 0.6) is 11.5 Å². The molecule has 158 valence electrons. The molecule has 3 heterocycles. The Balaban J connectivity index is 1.22. The molecular weight excluding hydrogens is 420 g/mol. The van der Waals surface area contributed by atoms with Crippen LogP contribution in [0.15, 0.2) is 52.4 Å². The van der Waals surface area contributed by atoms with Gasteiger partial charge >= 0.3 is 5.69 Å². The summed E-state index contributed by atoms with van der Waals surface area (Å²) in [6.07, 6.45) is -0.384. The van der Waals surface area contributed by atoms with E-state index in [1.165, 1.54) is 11.8 Å². The van der Waals surface area contributed by atoms with Gasteiger partial charge < -0.3 is 29.3 Å². The number of thioether (sulfide) groups is 1. The van der Waals surface area contributed by atoms with Gasteiger partial charge in [0.15, 0.2) is 28.6 Å². The molecule has 0 aliphatic carbocycles. The van der Waals surface area contributed by atoms with Gasteiger partial charge in [0.05, 0.1) is 16.8 Å². The highest BCUT2D eigenvalue weighted by molar-refractivity contribution is 7.99. The van der Waals surface area contributed by atoms with E-state index in [0.717, 1.165) is 0 Å². The lowest BCUT2D eigenvalue weighted by atomic mass is 10.2. The van der Waals surface area contributed by atoms with Gasteiger partial charge in [-0.25, -0.2) is 4.79 Å². The van der Waals surface area contributed by atoms with E-state index >= 15 is 0 Å². The van der Waals surface area contributed by atoms with Gasteiger partial charge in [0.2, 0.25) is 5.91 Å². The van der Waals surface area contributed by atoms with Crippen LogP contribution in [-0.4, -0.2) is 43.0 Å². The number of benzene rings is 2. The first kappa shape index (κ1) is 19.2. The van der Waals surface area contributed by atoms with Crippen LogP contribution < -0.4 is 20.5 Å². The van der Waals surface area contributed by atoms with E-state index in [2.05, 4.69) is 25.5 Å². The molecule has 10 nitrogen and oxygen atoms in total. The van der Waals surface area contributed by atoms with Gasteiger partial charge in [0.1, 0.15) is 6.61 Å². The summed E-state index contributed by atoms with van der Waals surface area (Å²) in [6.45, 7) is 0.331. The molecule has 0 spiro atoms. The van der Waals surface area contributed by atoms with E-state index in [-0.39, 0.29) is 23.5 Å². The number of para-hydroxylation sites is 2. The number of nitrogens with zero attached hydrogens (tertiary/aromatic N) is 3. The number of carbonyl (C=O) groups excluding carboxylic acids is 1. The lowest BCUT2D eigenvalue weighted by Gasteiger charge is -2.25. The second-order valence-corrected chi connectivity index (χ2v) is 7.88. The summed E-state index contributed by atoms with van der Waals surface area (Å²) in [5.74, 6) is 1.95. The monoisotopic (exact) mass is 438 g/mol. The van der Waals surface area contributed by atoms with Crippen molar-refractivity contribution in [2.24, 2.45) is 7.05 Å². The molecule has 4 aromatic rings. The molecule has 2 aromatic carbocycles. The molecule has 1 aliphatic rings. The molecule has 3 N–H and O–H groups in total. The smallest absolute Gasteiger partial charge is 0.323 e. The standard InChI is InChI=1S/C20H18N6O4S/c1-26-18(16-9-29-14-4-2-3-5-15(14)30-16)24-25-20(26)31-10-17(27)21-11-6-7-12-13(8-11)23-19(28)22-12/h2-8,16H,9-10H2,1H3,(H,21,27)(H2,22,23,28). The van der Waals surface area contributed by atoms with Crippen LogP contribution in [0.25, 0.3) is 11.0 Å². The Morgan fingerprint density at radius 2 is 2.00 bits per heavy atom. The van der Waals surface area contributed by atoms with Gasteiger partial charge in [-0.05, 0) is 30.3 Å². The third-order valence-corrected chi connectivity index (χ3v) is 5.82. The molecule has 0 saturated heterocycles. The highest BCUT2D eigenvalue weighted by Gasteiger charge is 2.27. The second kappa shape index (κ2) is 7.84. The maximum atomic E-state index is 12.4. The van der Waals surface area contributed by atoms with Gasteiger partial charge in [-0.3, -0.25) is 4.79 Å². The zero-order chi connectivity index (χ0) is 21.4. The zero-order valence-corrected chi connectivity index (χ0v) is 17.2. The minimum absolute atomic E-state index is 0.151. The summed E-state index contributed by atoms with van der Waals surface area (Å²) >= 11 is 1.27. The molecular formula is C20H18N6O4S. The van der Waals surface area contributed by atoms with Gasteiger partial charge in [0, 0.05) is 12.7 Å². The lowest BCUT2D eigenvalue weighted by Crippen LogP contribution is -2.24. The molecule has 0 fully saturated rings. The molecule has 1 amide bonds. The Morgan fingerprint density at radius 3 is 2.87 bits per heavy atom. The quantitative estimate of drug-likeness (QED) is 0.408. The molecule has 0 radical (unpaired) electrons. The number of imidazole rings is 1. The first-order valence-corrected chi connectivity index (χ1v) is 10.5. The zero-order valence-electron chi connectivity index (χ0n) is 16.4. The highest BCUT2D eigenvalue weighted by Crippen LogP contribution is 2.35. The molecule has 0 saturated carbocycles. The number of aromatic nitrogens is 5. The summed E-state index contributed by atoms with van der Waals surface area (Å²) in [4.78, 5) is 29.1. The lowest BCUT2D eigenvalue weighted by molar-refractivity contribution is -0.113. The van der Waals surface area contributed by atoms with Gasteiger partial charge in [-0.2, -0.15) is 0 Å². The van der Waals surface area contributed by atoms with E-state index in [9.17, 15) is 9.59 Å². The number of carbonyl (C=O) groups is 1. The minimum atomic E-state index is -0.384. The highest BCUT2D eigenvalue weighted by atomic mass is 32.2. The molecule has 1 aliphatic heterocycles. The van der Waals surface area contributed by atoms with E-state index in [1.807, 2.05) is 31.3 Å². The van der Waals surface area contributed by atoms with E-state index in [0.29, 0.717) is 45.8 Å². The van der Waals surface area contributed by atoms with Crippen molar-refractivity contribution in [3.05, 3.63) is 58.8 Å². The van der Waals surface area contributed by atoms with Crippen LogP contribution in [-0.2, 0) is 11.8 Å². The minimum Gasteiger partial charge on any atom is -0.485 e. The Kier molecular flexibility index (Phi) is 4.86. The number of ether oxygens (including phenoxy) is 2. The van der Waals surface area contributed by atoms with Gasteiger partial charge in [-0.15, -0.1) is 10.2 Å². The largest absolute Gasteiger partial charge is 0.485 e. The van der Waals surface area contributed by atoms with Crippen LogP contribution in [0.3, 0.4) is 0 Å². The van der Waals surface area contributed by atoms with E-state index < -0.39 is 0 Å². The number of hydrogen-bond acceptors (Lipinski definition) is 7. The number of anilines is 1. The SMILES string of the molecule is Cn1c(SCC(=O)Nc2ccc3[nH]c(=O)[nH]c3c2)nnc1C1COc2ccccc2O1. The van der Waals surface area contributed by atoms with Crippen molar-refractivity contribution in [3.8, 4) is 11.5 Å². The number of hydrogen-bond donors (Lipinski definition) is 3. The summed E-state index contributed by atoms with van der Waals surface area (Å²) in [7, 11) is 1.83. The fourth-order valence-corrected chi connectivity index (χ4v) is 4.03. The predicted molar refractivity (Wildman–Crippen MR) is 115 cm³/mol. The number of nitrogens with one attached hydrogen (secondary N) is 3. The molecule has 31 heavy (non-hydrogen) atoms. The Morgan fingerprint density at radius 1 is 1.19 bits per heavy atom. The predicted octanol–water partition coefficient (Wildman–Crippen LogP) is 2.23. The average molecular weight is 438 g/mol. The number of aromatic amines is 2. The van der Waals surface area contributed by atoms with E-state index in [1.54, 1.807) is 22.8 Å². The van der Waals surface area contributed by atoms with Crippen LogP contribution in [0.1, 0.15) is 11.9 Å². The van der Waals surface area contributed by atoms with Crippen molar-refractivity contribution >= 4 is 34.4 Å². The fourth-order valence-electron chi connectivity index (χ4n) is 3.32. The number of fused-ring (bicyclic) bond motifs is 2. The molecule has 1 unspecified atom stereocenters. The van der Waals surface area contributed by atoms with E-state index in [4.69, 9.17) is 9.47 Å². The average Bonchev–Trinajstić information content (AvgIpc) is 3.32. The third-order valence-electron chi connectivity index (χ3n) is 4.80. The van der Waals surface area contributed by atoms with Crippen molar-refractivity contribution < 1.29 is 14.3 Å². The molecule has 11 heteroatoms. The number of H-pyrrole nitrogens is 2. The maximum Gasteiger partial charge on any atom is 0.323 e. The van der Waals surface area contributed by atoms with Crippen molar-refractivity contribution in [1.82, 2.24) is 24.7 Å². The Labute approximate surface area is 180 Å². The van der Waals surface area contributed by atoms with Crippen molar-refractivity contribution in [2.45, 2.75) is 11.3 Å². The molecule has 0 bridgehead atoms.